The molecule has 0 unspecified atom stereocenters. The van der Waals surface area contributed by atoms with Crippen LogP contribution in [-0.2, 0) is 0 Å². The maximum atomic E-state index is 12.7. The lowest BCUT2D eigenvalue weighted by Gasteiger charge is -2.06. The Bertz CT molecular complexity index is 532. The van der Waals surface area contributed by atoms with Gasteiger partial charge in [-0.1, -0.05) is 12.1 Å². The molecule has 0 heterocycles. The van der Waals surface area contributed by atoms with Crippen LogP contribution in [-0.4, -0.2) is 5.78 Å². The van der Waals surface area contributed by atoms with E-state index >= 15 is 0 Å². The summed E-state index contributed by atoms with van der Waals surface area (Å²) in [6, 6.07) is 12.6. The minimum Gasteiger partial charge on any atom is -0.457 e. The van der Waals surface area contributed by atoms with E-state index in [9.17, 15) is 9.18 Å². The largest absolute Gasteiger partial charge is 0.457 e. The van der Waals surface area contributed by atoms with Gasteiger partial charge in [-0.05, 0) is 43.3 Å². The molecule has 3 heteroatoms. The first-order chi connectivity index (χ1) is 8.15. The van der Waals surface area contributed by atoms with E-state index in [-0.39, 0.29) is 11.6 Å². The predicted molar refractivity (Wildman–Crippen MR) is 62.9 cm³/mol. The first kappa shape index (κ1) is 11.3. The lowest BCUT2D eigenvalue weighted by molar-refractivity contribution is 0.101. The summed E-state index contributed by atoms with van der Waals surface area (Å²) < 4.78 is 18.2. The molecule has 0 spiro atoms. The van der Waals surface area contributed by atoms with E-state index in [1.807, 2.05) is 0 Å². The topological polar surface area (TPSA) is 26.3 Å². The molecule has 2 aromatic rings. The minimum atomic E-state index is -0.310. The fourth-order valence-corrected chi connectivity index (χ4v) is 1.42. The Morgan fingerprint density at radius 2 is 1.76 bits per heavy atom. The zero-order valence-corrected chi connectivity index (χ0v) is 9.31. The highest BCUT2D eigenvalue weighted by molar-refractivity contribution is 5.94. The van der Waals surface area contributed by atoms with Gasteiger partial charge in [0, 0.05) is 5.56 Å². The monoisotopic (exact) mass is 230 g/mol. The summed E-state index contributed by atoms with van der Waals surface area (Å²) in [6.45, 7) is 1.50. The molecule has 2 nitrogen and oxygen atoms in total. The van der Waals surface area contributed by atoms with Crippen molar-refractivity contribution in [1.82, 2.24) is 0 Å². The van der Waals surface area contributed by atoms with E-state index in [0.29, 0.717) is 17.1 Å². The third-order valence-electron chi connectivity index (χ3n) is 2.29. The number of Topliss-reactive ketones (excluding diaryl/α,β-unsaturated/α-hetero) is 1. The molecule has 0 saturated heterocycles. The summed E-state index contributed by atoms with van der Waals surface area (Å²) in [5.74, 6) is 0.765. The van der Waals surface area contributed by atoms with E-state index in [2.05, 4.69) is 0 Å². The normalized spacial score (nSPS) is 10.0. The Morgan fingerprint density at radius 3 is 2.41 bits per heavy atom. The van der Waals surface area contributed by atoms with Crippen LogP contribution in [0.3, 0.4) is 0 Å². The van der Waals surface area contributed by atoms with Crippen molar-refractivity contribution in [2.75, 3.05) is 0 Å². The molecular formula is C14H11FO2. The van der Waals surface area contributed by atoms with Crippen molar-refractivity contribution in [2.24, 2.45) is 0 Å². The maximum absolute atomic E-state index is 12.7. The molecule has 17 heavy (non-hydrogen) atoms. The molecule has 2 rings (SSSR count). The molecule has 0 aliphatic carbocycles. The van der Waals surface area contributed by atoms with Crippen LogP contribution >= 0.6 is 0 Å². The Labute approximate surface area is 98.7 Å². The van der Waals surface area contributed by atoms with Crippen molar-refractivity contribution in [2.45, 2.75) is 6.92 Å². The number of halogens is 1. The first-order valence-electron chi connectivity index (χ1n) is 5.19. The van der Waals surface area contributed by atoms with Crippen LogP contribution in [0.25, 0.3) is 0 Å². The number of carbonyl (C=O) groups is 1. The Kier molecular flexibility index (Phi) is 3.19. The maximum Gasteiger partial charge on any atom is 0.159 e. The quantitative estimate of drug-likeness (QED) is 0.749. The molecule has 86 valence electrons. The molecule has 0 amide bonds. The summed E-state index contributed by atoms with van der Waals surface area (Å²) in [6.07, 6.45) is 0. The summed E-state index contributed by atoms with van der Waals surface area (Å²) in [5.41, 5.74) is 0.588. The summed E-state index contributed by atoms with van der Waals surface area (Å²) in [4.78, 5) is 11.2. The summed E-state index contributed by atoms with van der Waals surface area (Å²) in [5, 5.41) is 0. The predicted octanol–water partition coefficient (Wildman–Crippen LogP) is 3.82. The molecule has 0 aromatic heterocycles. The molecule has 0 atom stereocenters. The molecule has 0 N–H and O–H groups in total. The number of hydrogen-bond acceptors (Lipinski definition) is 2. The van der Waals surface area contributed by atoms with Gasteiger partial charge in [-0.15, -0.1) is 0 Å². The molecule has 0 fully saturated rings. The van der Waals surface area contributed by atoms with Crippen LogP contribution in [0, 0.1) is 5.82 Å². The number of rotatable bonds is 3. The van der Waals surface area contributed by atoms with Crippen molar-refractivity contribution in [3.63, 3.8) is 0 Å². The highest BCUT2D eigenvalue weighted by Crippen LogP contribution is 2.22. The second kappa shape index (κ2) is 4.78. The molecule has 0 bridgehead atoms. The van der Waals surface area contributed by atoms with E-state index in [4.69, 9.17) is 4.74 Å². The van der Waals surface area contributed by atoms with Crippen LogP contribution in [0.2, 0.25) is 0 Å². The Hall–Kier alpha value is -2.16. The molecule has 0 saturated carbocycles. The van der Waals surface area contributed by atoms with Gasteiger partial charge in [0.1, 0.15) is 17.3 Å². The van der Waals surface area contributed by atoms with Gasteiger partial charge in [0.15, 0.2) is 5.78 Å². The van der Waals surface area contributed by atoms with Gasteiger partial charge in [0.2, 0.25) is 0 Å². The lowest BCUT2D eigenvalue weighted by Crippen LogP contribution is -1.92. The van der Waals surface area contributed by atoms with Crippen molar-refractivity contribution >= 4 is 5.78 Å². The third-order valence-corrected chi connectivity index (χ3v) is 2.29. The lowest BCUT2D eigenvalue weighted by atomic mass is 10.1. The zero-order valence-electron chi connectivity index (χ0n) is 9.31. The highest BCUT2D eigenvalue weighted by Gasteiger charge is 2.02. The number of ether oxygens (including phenoxy) is 1. The van der Waals surface area contributed by atoms with E-state index in [1.54, 1.807) is 24.3 Å². The molecule has 2 aromatic carbocycles. The molecule has 0 radical (unpaired) electrons. The van der Waals surface area contributed by atoms with Gasteiger partial charge >= 0.3 is 0 Å². The summed E-state index contributed by atoms with van der Waals surface area (Å²) >= 11 is 0. The SMILES string of the molecule is CC(=O)c1cccc(Oc2ccc(F)cc2)c1. The van der Waals surface area contributed by atoms with Gasteiger partial charge in [0.05, 0.1) is 0 Å². The van der Waals surface area contributed by atoms with Crippen molar-refractivity contribution in [1.29, 1.82) is 0 Å². The standard InChI is InChI=1S/C14H11FO2/c1-10(16)11-3-2-4-14(9-11)17-13-7-5-12(15)6-8-13/h2-9H,1H3. The van der Waals surface area contributed by atoms with E-state index in [1.165, 1.54) is 31.2 Å². The van der Waals surface area contributed by atoms with Crippen LogP contribution in [0.1, 0.15) is 17.3 Å². The van der Waals surface area contributed by atoms with Gasteiger partial charge in [-0.25, -0.2) is 4.39 Å². The fourth-order valence-electron chi connectivity index (χ4n) is 1.42. The van der Waals surface area contributed by atoms with Gasteiger partial charge in [-0.2, -0.15) is 0 Å². The zero-order chi connectivity index (χ0) is 12.3. The Morgan fingerprint density at radius 1 is 1.06 bits per heavy atom. The van der Waals surface area contributed by atoms with E-state index < -0.39 is 0 Å². The van der Waals surface area contributed by atoms with E-state index in [0.717, 1.165) is 0 Å². The Balaban J connectivity index is 2.21. The average molecular weight is 230 g/mol. The minimum absolute atomic E-state index is 0.0189. The average Bonchev–Trinajstić information content (AvgIpc) is 2.32. The number of benzene rings is 2. The second-order valence-corrected chi connectivity index (χ2v) is 3.64. The van der Waals surface area contributed by atoms with Gasteiger partial charge < -0.3 is 4.74 Å². The first-order valence-corrected chi connectivity index (χ1v) is 5.19. The van der Waals surface area contributed by atoms with Crippen LogP contribution < -0.4 is 4.74 Å². The highest BCUT2D eigenvalue weighted by atomic mass is 19.1. The number of carbonyl (C=O) groups excluding carboxylic acids is 1. The van der Waals surface area contributed by atoms with Crippen molar-refractivity contribution in [3.05, 3.63) is 59.9 Å². The van der Waals surface area contributed by atoms with Crippen LogP contribution in [0.4, 0.5) is 4.39 Å². The fraction of sp³-hybridized carbons (Fsp3) is 0.0714. The molecule has 0 aliphatic rings. The van der Waals surface area contributed by atoms with Crippen LogP contribution in [0.5, 0.6) is 11.5 Å². The molecule has 0 aliphatic heterocycles. The number of ketones is 1. The second-order valence-electron chi connectivity index (χ2n) is 3.64. The summed E-state index contributed by atoms with van der Waals surface area (Å²) in [7, 11) is 0. The van der Waals surface area contributed by atoms with Crippen LogP contribution in [0.15, 0.2) is 48.5 Å². The molecular weight excluding hydrogens is 219 g/mol. The number of hydrogen-bond donors (Lipinski definition) is 0. The van der Waals surface area contributed by atoms with Gasteiger partial charge in [-0.3, -0.25) is 4.79 Å². The van der Waals surface area contributed by atoms with Crippen molar-refractivity contribution < 1.29 is 13.9 Å². The van der Waals surface area contributed by atoms with Crippen molar-refractivity contribution in [3.8, 4) is 11.5 Å². The van der Waals surface area contributed by atoms with Gasteiger partial charge in [0.25, 0.3) is 0 Å². The smallest absolute Gasteiger partial charge is 0.159 e. The third kappa shape index (κ3) is 2.91.